The normalized spacial score (nSPS) is 10.4. The van der Waals surface area contributed by atoms with E-state index < -0.39 is 11.8 Å². The molecule has 0 fully saturated rings. The third-order valence-corrected chi connectivity index (χ3v) is 2.94. The van der Waals surface area contributed by atoms with Crippen LogP contribution in [-0.4, -0.2) is 23.9 Å². The quantitative estimate of drug-likeness (QED) is 0.534. The molecule has 0 aliphatic carbocycles. The van der Waals surface area contributed by atoms with E-state index in [0.717, 1.165) is 19.3 Å². The molecular formula is C11H19N3O2. The van der Waals surface area contributed by atoms with Crippen molar-refractivity contribution in [1.82, 2.24) is 10.6 Å². The van der Waals surface area contributed by atoms with Crippen LogP contribution >= 0.6 is 0 Å². The van der Waals surface area contributed by atoms with Crippen molar-refractivity contribution < 1.29 is 9.59 Å². The maximum Gasteiger partial charge on any atom is 0.310 e. The predicted molar refractivity (Wildman–Crippen MR) is 60.4 cm³/mol. The first kappa shape index (κ1) is 14.4. The summed E-state index contributed by atoms with van der Waals surface area (Å²) in [7, 11) is 0. The van der Waals surface area contributed by atoms with Gasteiger partial charge in [0.25, 0.3) is 0 Å². The first-order chi connectivity index (χ1) is 7.55. The van der Waals surface area contributed by atoms with Crippen molar-refractivity contribution in [2.75, 3.05) is 6.54 Å². The van der Waals surface area contributed by atoms with Crippen LogP contribution in [-0.2, 0) is 9.59 Å². The zero-order chi connectivity index (χ0) is 12.6. The highest BCUT2D eigenvalue weighted by molar-refractivity contribution is 6.35. The molecule has 0 radical (unpaired) electrons. The molecule has 2 amide bonds. The van der Waals surface area contributed by atoms with Crippen molar-refractivity contribution >= 4 is 11.8 Å². The standard InChI is InChI=1S/C11H19N3O2/c1-4-11(5-2,6-3)14-10(16)9(15)13-8-7-12/h4-6,8H2,1-3H3,(H,13,15)(H,14,16). The monoisotopic (exact) mass is 225 g/mol. The first-order valence-electron chi connectivity index (χ1n) is 5.52. The Morgan fingerprint density at radius 1 is 1.12 bits per heavy atom. The van der Waals surface area contributed by atoms with E-state index in [1.54, 1.807) is 6.07 Å². The molecule has 0 heterocycles. The van der Waals surface area contributed by atoms with Crippen LogP contribution in [0.25, 0.3) is 0 Å². The summed E-state index contributed by atoms with van der Waals surface area (Å²) < 4.78 is 0. The third-order valence-electron chi connectivity index (χ3n) is 2.94. The lowest BCUT2D eigenvalue weighted by Gasteiger charge is -2.31. The van der Waals surface area contributed by atoms with Crippen LogP contribution in [0.3, 0.4) is 0 Å². The van der Waals surface area contributed by atoms with E-state index in [9.17, 15) is 9.59 Å². The van der Waals surface area contributed by atoms with Crippen molar-refractivity contribution in [1.29, 1.82) is 5.26 Å². The second kappa shape index (κ2) is 6.83. The first-order valence-corrected chi connectivity index (χ1v) is 5.52. The van der Waals surface area contributed by atoms with Gasteiger partial charge in [-0.05, 0) is 19.3 Å². The van der Waals surface area contributed by atoms with Gasteiger partial charge in [-0.1, -0.05) is 20.8 Å². The Kier molecular flexibility index (Phi) is 6.16. The van der Waals surface area contributed by atoms with Crippen LogP contribution in [0.1, 0.15) is 40.0 Å². The molecule has 0 atom stereocenters. The van der Waals surface area contributed by atoms with Crippen LogP contribution < -0.4 is 10.6 Å². The highest BCUT2D eigenvalue weighted by atomic mass is 16.2. The van der Waals surface area contributed by atoms with E-state index >= 15 is 0 Å². The van der Waals surface area contributed by atoms with E-state index in [4.69, 9.17) is 5.26 Å². The molecule has 0 spiro atoms. The topological polar surface area (TPSA) is 82.0 Å². The van der Waals surface area contributed by atoms with Crippen molar-refractivity contribution in [3.8, 4) is 6.07 Å². The lowest BCUT2D eigenvalue weighted by atomic mass is 9.90. The fraction of sp³-hybridized carbons (Fsp3) is 0.727. The third kappa shape index (κ3) is 3.89. The summed E-state index contributed by atoms with van der Waals surface area (Å²) >= 11 is 0. The number of rotatable bonds is 5. The molecule has 16 heavy (non-hydrogen) atoms. The number of carbonyl (C=O) groups is 2. The van der Waals surface area contributed by atoms with Crippen molar-refractivity contribution in [3.63, 3.8) is 0 Å². The summed E-state index contributed by atoms with van der Waals surface area (Å²) in [5, 5.41) is 13.2. The van der Waals surface area contributed by atoms with Gasteiger partial charge in [0.15, 0.2) is 0 Å². The van der Waals surface area contributed by atoms with Crippen molar-refractivity contribution in [2.24, 2.45) is 0 Å². The number of hydrogen-bond donors (Lipinski definition) is 2. The maximum absolute atomic E-state index is 11.5. The number of nitriles is 1. The zero-order valence-electron chi connectivity index (χ0n) is 10.1. The van der Waals surface area contributed by atoms with Crippen LogP contribution in [0.2, 0.25) is 0 Å². The molecule has 0 bridgehead atoms. The summed E-state index contributed by atoms with van der Waals surface area (Å²) in [5.74, 6) is -1.41. The van der Waals surface area contributed by atoms with Crippen LogP contribution in [0, 0.1) is 11.3 Å². The van der Waals surface area contributed by atoms with Crippen molar-refractivity contribution in [3.05, 3.63) is 0 Å². The smallest absolute Gasteiger partial charge is 0.310 e. The lowest BCUT2D eigenvalue weighted by Crippen LogP contribution is -2.52. The molecule has 0 aliphatic heterocycles. The summed E-state index contributed by atoms with van der Waals surface area (Å²) in [4.78, 5) is 22.8. The second-order valence-electron chi connectivity index (χ2n) is 3.64. The number of hydrogen-bond acceptors (Lipinski definition) is 3. The van der Waals surface area contributed by atoms with E-state index in [1.165, 1.54) is 0 Å². The Labute approximate surface area is 96.2 Å². The summed E-state index contributed by atoms with van der Waals surface area (Å²) in [6.45, 7) is 5.77. The maximum atomic E-state index is 11.5. The molecule has 2 N–H and O–H groups in total. The van der Waals surface area contributed by atoms with Gasteiger partial charge in [-0.25, -0.2) is 0 Å². The molecule has 0 aromatic rings. The zero-order valence-corrected chi connectivity index (χ0v) is 10.1. The minimum Gasteiger partial charge on any atom is -0.342 e. The summed E-state index contributed by atoms with van der Waals surface area (Å²) in [6.07, 6.45) is 2.33. The Bertz CT molecular complexity index is 282. The van der Waals surface area contributed by atoms with Gasteiger partial charge in [0.1, 0.15) is 6.54 Å². The molecule has 0 aromatic carbocycles. The number of amides is 2. The molecule has 0 saturated heterocycles. The van der Waals surface area contributed by atoms with Gasteiger partial charge in [0.05, 0.1) is 6.07 Å². The molecule has 0 rings (SSSR count). The Hall–Kier alpha value is -1.57. The lowest BCUT2D eigenvalue weighted by molar-refractivity contribution is -0.140. The summed E-state index contributed by atoms with van der Waals surface area (Å²) in [6, 6.07) is 1.75. The molecular weight excluding hydrogens is 206 g/mol. The Morgan fingerprint density at radius 2 is 1.62 bits per heavy atom. The van der Waals surface area contributed by atoms with Gasteiger partial charge in [-0.3, -0.25) is 9.59 Å². The van der Waals surface area contributed by atoms with Crippen LogP contribution in [0.15, 0.2) is 0 Å². The number of carbonyl (C=O) groups excluding carboxylic acids is 2. The van der Waals surface area contributed by atoms with Gasteiger partial charge < -0.3 is 10.6 Å². The largest absolute Gasteiger partial charge is 0.342 e. The number of nitrogens with one attached hydrogen (secondary N) is 2. The minimum atomic E-state index is -0.749. The SMILES string of the molecule is CCC(CC)(CC)NC(=O)C(=O)NCC#N. The Morgan fingerprint density at radius 3 is 2.00 bits per heavy atom. The molecule has 5 nitrogen and oxygen atoms in total. The van der Waals surface area contributed by atoms with E-state index in [2.05, 4.69) is 10.6 Å². The fourth-order valence-corrected chi connectivity index (χ4v) is 1.51. The van der Waals surface area contributed by atoms with Gasteiger partial charge in [-0.2, -0.15) is 5.26 Å². The average molecular weight is 225 g/mol. The molecule has 5 heteroatoms. The van der Waals surface area contributed by atoms with Gasteiger partial charge in [-0.15, -0.1) is 0 Å². The predicted octanol–water partition coefficient (Wildman–Crippen LogP) is 0.711. The highest BCUT2D eigenvalue weighted by Crippen LogP contribution is 2.18. The second-order valence-corrected chi connectivity index (χ2v) is 3.64. The fourth-order valence-electron chi connectivity index (χ4n) is 1.51. The van der Waals surface area contributed by atoms with Gasteiger partial charge in [0.2, 0.25) is 0 Å². The molecule has 0 aliphatic rings. The van der Waals surface area contributed by atoms with Gasteiger partial charge >= 0.3 is 11.8 Å². The molecule has 90 valence electrons. The molecule has 0 aromatic heterocycles. The summed E-state index contributed by atoms with van der Waals surface area (Å²) in [5.41, 5.74) is -0.318. The van der Waals surface area contributed by atoms with Crippen LogP contribution in [0.4, 0.5) is 0 Å². The Balaban J connectivity index is 4.41. The number of nitrogens with zero attached hydrogens (tertiary/aromatic N) is 1. The molecule has 0 saturated carbocycles. The van der Waals surface area contributed by atoms with E-state index in [0.29, 0.717) is 0 Å². The highest BCUT2D eigenvalue weighted by Gasteiger charge is 2.28. The minimum absolute atomic E-state index is 0.149. The van der Waals surface area contributed by atoms with E-state index in [1.807, 2.05) is 20.8 Å². The van der Waals surface area contributed by atoms with Crippen molar-refractivity contribution in [2.45, 2.75) is 45.6 Å². The molecule has 0 unspecified atom stereocenters. The van der Waals surface area contributed by atoms with E-state index in [-0.39, 0.29) is 12.1 Å². The average Bonchev–Trinajstić information content (AvgIpc) is 2.32. The van der Waals surface area contributed by atoms with Gasteiger partial charge in [0, 0.05) is 5.54 Å². The van der Waals surface area contributed by atoms with Crippen LogP contribution in [0.5, 0.6) is 0 Å².